The van der Waals surface area contributed by atoms with Gasteiger partial charge in [-0.3, -0.25) is 14.5 Å². The summed E-state index contributed by atoms with van der Waals surface area (Å²) in [7, 11) is 0. The lowest BCUT2D eigenvalue weighted by molar-refractivity contribution is -0.149. The first kappa shape index (κ1) is 18.3. The van der Waals surface area contributed by atoms with E-state index >= 15 is 0 Å². The van der Waals surface area contributed by atoms with Gasteiger partial charge in [-0.25, -0.2) is 0 Å². The normalized spacial score (nSPS) is 16.6. The van der Waals surface area contributed by atoms with Crippen molar-refractivity contribution in [1.82, 2.24) is 4.90 Å². The fourth-order valence-corrected chi connectivity index (χ4v) is 3.38. The molecule has 2 rings (SSSR count). The van der Waals surface area contributed by atoms with Crippen LogP contribution >= 0.6 is 47.2 Å². The van der Waals surface area contributed by atoms with Crippen LogP contribution in [0.15, 0.2) is 23.1 Å². The molecule has 0 atom stereocenters. The number of hydrogen-bond acceptors (Lipinski definition) is 5. The molecule has 1 fully saturated rings. The summed E-state index contributed by atoms with van der Waals surface area (Å²) in [5.74, 6) is -0.820. The van der Waals surface area contributed by atoms with E-state index in [0.29, 0.717) is 19.3 Å². The Kier molecular flexibility index (Phi) is 6.08. The monoisotopic (exact) mass is 389 g/mol. The van der Waals surface area contributed by atoms with Gasteiger partial charge in [-0.1, -0.05) is 53.2 Å². The third-order valence-electron chi connectivity index (χ3n) is 2.77. The number of hydrogen-bond donors (Lipinski definition) is 0. The van der Waals surface area contributed by atoms with E-state index in [-0.39, 0.29) is 18.6 Å². The van der Waals surface area contributed by atoms with Crippen molar-refractivity contribution in [2.45, 2.75) is 20.0 Å². The van der Waals surface area contributed by atoms with Gasteiger partial charge >= 0.3 is 5.97 Å². The molecule has 4 nitrogen and oxygen atoms in total. The zero-order valence-electron chi connectivity index (χ0n) is 12.3. The van der Waals surface area contributed by atoms with Crippen molar-refractivity contribution in [2.24, 2.45) is 0 Å². The summed E-state index contributed by atoms with van der Waals surface area (Å²) < 4.78 is 5.36. The number of thiocarbonyl (C=S) groups is 1. The molecule has 0 aromatic heterocycles. The van der Waals surface area contributed by atoms with Crippen LogP contribution in [0.5, 0.6) is 0 Å². The smallest absolute Gasteiger partial charge is 0.326 e. The summed E-state index contributed by atoms with van der Waals surface area (Å²) in [6, 6.07) is 5.05. The molecule has 1 saturated heterocycles. The first-order chi connectivity index (χ1) is 10.8. The van der Waals surface area contributed by atoms with Crippen LogP contribution in [0.1, 0.15) is 19.4 Å². The molecule has 0 N–H and O–H groups in total. The predicted molar refractivity (Wildman–Crippen MR) is 97.6 cm³/mol. The molecule has 0 saturated carbocycles. The summed E-state index contributed by atoms with van der Waals surface area (Å²) >= 11 is 18.1. The zero-order chi connectivity index (χ0) is 17.1. The molecule has 1 aromatic rings. The van der Waals surface area contributed by atoms with Gasteiger partial charge < -0.3 is 4.74 Å². The maximum absolute atomic E-state index is 12.4. The number of carbonyl (C=O) groups excluding carboxylic acids is 2. The first-order valence-electron chi connectivity index (χ1n) is 6.68. The summed E-state index contributed by atoms with van der Waals surface area (Å²) in [5, 5.41) is 0.837. The van der Waals surface area contributed by atoms with Gasteiger partial charge in [0.05, 0.1) is 21.1 Å². The van der Waals surface area contributed by atoms with Crippen molar-refractivity contribution in [1.29, 1.82) is 0 Å². The fourth-order valence-electron chi connectivity index (χ4n) is 1.82. The minimum absolute atomic E-state index is 0.193. The van der Waals surface area contributed by atoms with Crippen molar-refractivity contribution >= 4 is 69.5 Å². The average molecular weight is 390 g/mol. The van der Waals surface area contributed by atoms with Crippen LogP contribution in [0.2, 0.25) is 10.0 Å². The molecule has 0 bridgehead atoms. The van der Waals surface area contributed by atoms with Gasteiger partial charge in [0.1, 0.15) is 10.9 Å². The van der Waals surface area contributed by atoms with E-state index in [0.717, 1.165) is 17.3 Å². The molecular weight excluding hydrogens is 377 g/mol. The van der Waals surface area contributed by atoms with Crippen molar-refractivity contribution in [3.8, 4) is 0 Å². The van der Waals surface area contributed by atoms with Gasteiger partial charge in [-0.2, -0.15) is 0 Å². The summed E-state index contributed by atoms with van der Waals surface area (Å²) in [6.07, 6.45) is 1.42. The molecular formula is C15H13Cl2NO3S2. The van der Waals surface area contributed by atoms with E-state index in [9.17, 15) is 9.59 Å². The van der Waals surface area contributed by atoms with Crippen molar-refractivity contribution < 1.29 is 14.3 Å². The second-order valence-electron chi connectivity index (χ2n) is 4.98. The van der Waals surface area contributed by atoms with E-state index in [1.165, 1.54) is 4.90 Å². The first-order valence-corrected chi connectivity index (χ1v) is 8.66. The molecule has 23 heavy (non-hydrogen) atoms. The Morgan fingerprint density at radius 1 is 1.39 bits per heavy atom. The number of benzene rings is 1. The lowest BCUT2D eigenvalue weighted by Gasteiger charge is -2.14. The van der Waals surface area contributed by atoms with Gasteiger partial charge in [0.2, 0.25) is 0 Å². The van der Waals surface area contributed by atoms with Crippen molar-refractivity contribution in [3.63, 3.8) is 0 Å². The Hall–Kier alpha value is -1.08. The second kappa shape index (κ2) is 7.66. The molecule has 0 spiro atoms. The number of thioether (sulfide) groups is 1. The van der Waals surface area contributed by atoms with E-state index in [1.54, 1.807) is 38.1 Å². The molecule has 122 valence electrons. The number of halogens is 2. The number of carbonyl (C=O) groups is 2. The average Bonchev–Trinajstić information content (AvgIpc) is 2.70. The largest absolute Gasteiger partial charge is 0.462 e. The standard InChI is InChI=1S/C15H13Cl2NO3S2/c1-8(2)21-13(19)7-18-14(20)12(23-15(18)22)6-9-3-4-10(16)11(17)5-9/h3-6,8H,7H2,1-2H3/b12-6-. The molecule has 1 amide bonds. The van der Waals surface area contributed by atoms with Gasteiger partial charge in [-0.15, -0.1) is 0 Å². The molecule has 8 heteroatoms. The molecule has 1 aliphatic rings. The maximum atomic E-state index is 12.4. The number of nitrogens with zero attached hydrogens (tertiary/aromatic N) is 1. The van der Waals surface area contributed by atoms with Crippen LogP contribution in [-0.4, -0.2) is 33.7 Å². The number of esters is 1. The minimum atomic E-state index is -0.493. The molecule has 1 aliphatic heterocycles. The van der Waals surface area contributed by atoms with Crippen LogP contribution in [0, 0.1) is 0 Å². The number of rotatable bonds is 4. The Bertz CT molecular complexity index is 704. The van der Waals surface area contributed by atoms with Gasteiger partial charge in [-0.05, 0) is 37.6 Å². The molecule has 1 aromatic carbocycles. The zero-order valence-corrected chi connectivity index (χ0v) is 15.5. The Morgan fingerprint density at radius 2 is 2.09 bits per heavy atom. The highest BCUT2D eigenvalue weighted by Gasteiger charge is 2.33. The van der Waals surface area contributed by atoms with Crippen LogP contribution in [0.25, 0.3) is 6.08 Å². The predicted octanol–water partition coefficient (Wildman–Crippen LogP) is 4.15. The second-order valence-corrected chi connectivity index (χ2v) is 7.47. The third kappa shape index (κ3) is 4.70. The highest BCUT2D eigenvalue weighted by molar-refractivity contribution is 8.26. The van der Waals surface area contributed by atoms with Crippen LogP contribution in [-0.2, 0) is 14.3 Å². The summed E-state index contributed by atoms with van der Waals surface area (Å²) in [4.78, 5) is 25.7. The van der Waals surface area contributed by atoms with Gasteiger partial charge in [0.25, 0.3) is 5.91 Å². The molecule has 0 unspecified atom stereocenters. The maximum Gasteiger partial charge on any atom is 0.326 e. The molecule has 0 aliphatic carbocycles. The Morgan fingerprint density at radius 3 is 2.70 bits per heavy atom. The molecule has 1 heterocycles. The van der Waals surface area contributed by atoms with E-state index in [1.807, 2.05) is 0 Å². The minimum Gasteiger partial charge on any atom is -0.462 e. The third-order valence-corrected chi connectivity index (χ3v) is 4.89. The summed E-state index contributed by atoms with van der Waals surface area (Å²) in [6.45, 7) is 3.29. The topological polar surface area (TPSA) is 46.6 Å². The van der Waals surface area contributed by atoms with E-state index in [2.05, 4.69) is 0 Å². The van der Waals surface area contributed by atoms with Crippen LogP contribution < -0.4 is 0 Å². The van der Waals surface area contributed by atoms with E-state index in [4.69, 9.17) is 40.2 Å². The van der Waals surface area contributed by atoms with Gasteiger partial charge in [0.15, 0.2) is 0 Å². The van der Waals surface area contributed by atoms with E-state index < -0.39 is 5.97 Å². The molecule has 0 radical (unpaired) electrons. The Balaban J connectivity index is 2.15. The summed E-state index contributed by atoms with van der Waals surface area (Å²) in [5.41, 5.74) is 0.727. The lowest BCUT2D eigenvalue weighted by atomic mass is 10.2. The highest BCUT2D eigenvalue weighted by Crippen LogP contribution is 2.33. The van der Waals surface area contributed by atoms with Crippen LogP contribution in [0.3, 0.4) is 0 Å². The van der Waals surface area contributed by atoms with Gasteiger partial charge in [0, 0.05) is 0 Å². The number of amides is 1. The number of ether oxygens (including phenoxy) is 1. The Labute approximate surface area is 153 Å². The highest BCUT2D eigenvalue weighted by atomic mass is 35.5. The quantitative estimate of drug-likeness (QED) is 0.439. The lowest BCUT2D eigenvalue weighted by Crippen LogP contribution is -2.35. The van der Waals surface area contributed by atoms with Crippen LogP contribution in [0.4, 0.5) is 0 Å². The van der Waals surface area contributed by atoms with Crippen molar-refractivity contribution in [2.75, 3.05) is 6.54 Å². The van der Waals surface area contributed by atoms with Crippen molar-refractivity contribution in [3.05, 3.63) is 38.7 Å². The fraction of sp³-hybridized carbons (Fsp3) is 0.267. The SMILES string of the molecule is CC(C)OC(=O)CN1C(=O)/C(=C/c2ccc(Cl)c(Cl)c2)SC1=S.